The summed E-state index contributed by atoms with van der Waals surface area (Å²) in [5.74, 6) is 0.416. The van der Waals surface area contributed by atoms with Gasteiger partial charge < -0.3 is 4.74 Å². The predicted octanol–water partition coefficient (Wildman–Crippen LogP) is 3.54. The molecule has 0 amide bonds. The monoisotopic (exact) mass is 212 g/mol. The van der Waals surface area contributed by atoms with Gasteiger partial charge >= 0.3 is 5.97 Å². The molecule has 0 N–H and O–H groups in total. The van der Waals surface area contributed by atoms with Crippen molar-refractivity contribution in [2.24, 2.45) is 11.3 Å². The molecule has 15 heavy (non-hydrogen) atoms. The second-order valence-electron chi connectivity index (χ2n) is 5.38. The molecule has 0 aromatic rings. The molecule has 2 heteroatoms. The molecule has 0 saturated heterocycles. The number of hydrogen-bond donors (Lipinski definition) is 0. The zero-order valence-corrected chi connectivity index (χ0v) is 10.5. The van der Waals surface area contributed by atoms with Crippen molar-refractivity contribution in [1.29, 1.82) is 0 Å². The van der Waals surface area contributed by atoms with E-state index in [0.717, 1.165) is 12.8 Å². The molecule has 1 aliphatic carbocycles. The van der Waals surface area contributed by atoms with E-state index in [1.54, 1.807) is 0 Å². The normalized spacial score (nSPS) is 27.5. The smallest absolute Gasteiger partial charge is 0.302 e. The Morgan fingerprint density at radius 3 is 2.47 bits per heavy atom. The molecule has 0 heterocycles. The fourth-order valence-corrected chi connectivity index (χ4v) is 2.61. The second-order valence-corrected chi connectivity index (χ2v) is 5.38. The van der Waals surface area contributed by atoms with Gasteiger partial charge in [-0.1, -0.05) is 33.6 Å². The first-order chi connectivity index (χ1) is 6.97. The SMILES string of the molecule is CCC(C)(C)[C@@H]1CCCC[C@@H]1OC(C)=O. The van der Waals surface area contributed by atoms with Gasteiger partial charge in [-0.2, -0.15) is 0 Å². The summed E-state index contributed by atoms with van der Waals surface area (Å²) in [6.07, 6.45) is 6.05. The van der Waals surface area contributed by atoms with Crippen molar-refractivity contribution < 1.29 is 9.53 Å². The van der Waals surface area contributed by atoms with Gasteiger partial charge in [0.2, 0.25) is 0 Å². The molecule has 0 bridgehead atoms. The van der Waals surface area contributed by atoms with Gasteiger partial charge in [0.1, 0.15) is 6.10 Å². The third-order valence-electron chi connectivity index (χ3n) is 3.93. The van der Waals surface area contributed by atoms with Gasteiger partial charge in [-0.15, -0.1) is 0 Å². The summed E-state index contributed by atoms with van der Waals surface area (Å²) in [7, 11) is 0. The van der Waals surface area contributed by atoms with Crippen LogP contribution in [0.5, 0.6) is 0 Å². The summed E-state index contributed by atoms with van der Waals surface area (Å²) >= 11 is 0. The van der Waals surface area contributed by atoms with E-state index >= 15 is 0 Å². The maximum Gasteiger partial charge on any atom is 0.302 e. The fourth-order valence-electron chi connectivity index (χ4n) is 2.61. The quantitative estimate of drug-likeness (QED) is 0.669. The van der Waals surface area contributed by atoms with E-state index in [4.69, 9.17) is 4.74 Å². The average Bonchev–Trinajstić information content (AvgIpc) is 2.17. The van der Waals surface area contributed by atoms with Crippen LogP contribution in [0.1, 0.15) is 59.8 Å². The van der Waals surface area contributed by atoms with E-state index in [1.807, 2.05) is 0 Å². The molecule has 2 nitrogen and oxygen atoms in total. The fraction of sp³-hybridized carbons (Fsp3) is 0.923. The van der Waals surface area contributed by atoms with Crippen molar-refractivity contribution >= 4 is 5.97 Å². The van der Waals surface area contributed by atoms with Crippen molar-refractivity contribution in [2.45, 2.75) is 65.9 Å². The van der Waals surface area contributed by atoms with Crippen LogP contribution in [0.25, 0.3) is 0 Å². The molecular weight excluding hydrogens is 188 g/mol. The van der Waals surface area contributed by atoms with E-state index in [9.17, 15) is 4.79 Å². The third kappa shape index (κ3) is 3.22. The molecule has 2 atom stereocenters. The van der Waals surface area contributed by atoms with Crippen molar-refractivity contribution in [1.82, 2.24) is 0 Å². The molecule has 1 aliphatic rings. The van der Waals surface area contributed by atoms with Gasteiger partial charge in [0.05, 0.1) is 0 Å². The summed E-state index contributed by atoms with van der Waals surface area (Å²) in [6.45, 7) is 8.32. The Hall–Kier alpha value is -0.530. The van der Waals surface area contributed by atoms with E-state index in [-0.39, 0.29) is 12.1 Å². The first kappa shape index (κ1) is 12.5. The van der Waals surface area contributed by atoms with Gasteiger partial charge in [0.15, 0.2) is 0 Å². The molecule has 1 saturated carbocycles. The van der Waals surface area contributed by atoms with Gasteiger partial charge in [-0.3, -0.25) is 4.79 Å². The van der Waals surface area contributed by atoms with Gasteiger partial charge in [-0.25, -0.2) is 0 Å². The van der Waals surface area contributed by atoms with Crippen molar-refractivity contribution in [3.63, 3.8) is 0 Å². The zero-order chi connectivity index (χ0) is 11.5. The minimum absolute atomic E-state index is 0.126. The zero-order valence-electron chi connectivity index (χ0n) is 10.5. The third-order valence-corrected chi connectivity index (χ3v) is 3.93. The predicted molar refractivity (Wildman–Crippen MR) is 61.6 cm³/mol. The Morgan fingerprint density at radius 1 is 1.33 bits per heavy atom. The van der Waals surface area contributed by atoms with Crippen LogP contribution < -0.4 is 0 Å². The number of ether oxygens (including phenoxy) is 1. The minimum Gasteiger partial charge on any atom is -0.462 e. The lowest BCUT2D eigenvalue weighted by atomic mass is 9.68. The van der Waals surface area contributed by atoms with Crippen LogP contribution in [-0.4, -0.2) is 12.1 Å². The van der Waals surface area contributed by atoms with Crippen molar-refractivity contribution in [2.75, 3.05) is 0 Å². The summed E-state index contributed by atoms with van der Waals surface area (Å²) in [5, 5.41) is 0. The van der Waals surface area contributed by atoms with Crippen LogP contribution >= 0.6 is 0 Å². The van der Waals surface area contributed by atoms with Gasteiger partial charge in [0.25, 0.3) is 0 Å². The van der Waals surface area contributed by atoms with Crippen LogP contribution in [0.2, 0.25) is 0 Å². The van der Waals surface area contributed by atoms with Gasteiger partial charge in [-0.05, 0) is 24.7 Å². The summed E-state index contributed by atoms with van der Waals surface area (Å²) in [5.41, 5.74) is 0.292. The number of carbonyl (C=O) groups excluding carboxylic acids is 1. The Kier molecular flexibility index (Phi) is 4.18. The first-order valence-corrected chi connectivity index (χ1v) is 6.14. The number of hydrogen-bond acceptors (Lipinski definition) is 2. The van der Waals surface area contributed by atoms with Gasteiger partial charge in [0, 0.05) is 12.8 Å². The second kappa shape index (κ2) is 5.00. The molecule has 0 aromatic carbocycles. The van der Waals surface area contributed by atoms with Crippen LogP contribution in [0.4, 0.5) is 0 Å². The van der Waals surface area contributed by atoms with Crippen molar-refractivity contribution in [3.05, 3.63) is 0 Å². The van der Waals surface area contributed by atoms with E-state index in [0.29, 0.717) is 11.3 Å². The largest absolute Gasteiger partial charge is 0.462 e. The topological polar surface area (TPSA) is 26.3 Å². The number of rotatable bonds is 3. The molecule has 0 aliphatic heterocycles. The van der Waals surface area contributed by atoms with E-state index in [1.165, 1.54) is 26.2 Å². The molecule has 1 rings (SSSR count). The first-order valence-electron chi connectivity index (χ1n) is 6.14. The Morgan fingerprint density at radius 2 is 1.93 bits per heavy atom. The Labute approximate surface area is 93.4 Å². The maximum atomic E-state index is 11.1. The summed E-state index contributed by atoms with van der Waals surface area (Å²) in [4.78, 5) is 11.1. The lowest BCUT2D eigenvalue weighted by molar-refractivity contribution is -0.154. The van der Waals surface area contributed by atoms with E-state index < -0.39 is 0 Å². The molecule has 0 radical (unpaired) electrons. The van der Waals surface area contributed by atoms with Crippen LogP contribution in [-0.2, 0) is 9.53 Å². The van der Waals surface area contributed by atoms with Crippen molar-refractivity contribution in [3.8, 4) is 0 Å². The molecular formula is C13H24O2. The molecule has 1 fully saturated rings. The highest BCUT2D eigenvalue weighted by Crippen LogP contribution is 2.41. The summed E-state index contributed by atoms with van der Waals surface area (Å²) < 4.78 is 5.45. The lowest BCUT2D eigenvalue weighted by Gasteiger charge is -2.41. The highest BCUT2D eigenvalue weighted by molar-refractivity contribution is 5.66. The van der Waals surface area contributed by atoms with Crippen LogP contribution in [0, 0.1) is 11.3 Å². The molecule has 0 spiro atoms. The highest BCUT2D eigenvalue weighted by Gasteiger charge is 2.37. The summed E-state index contributed by atoms with van der Waals surface area (Å²) in [6, 6.07) is 0. The minimum atomic E-state index is -0.126. The molecule has 88 valence electrons. The molecule has 0 aromatic heterocycles. The number of carbonyl (C=O) groups is 1. The van der Waals surface area contributed by atoms with Crippen LogP contribution in [0.15, 0.2) is 0 Å². The lowest BCUT2D eigenvalue weighted by Crippen LogP contribution is -2.38. The van der Waals surface area contributed by atoms with E-state index in [2.05, 4.69) is 20.8 Å². The Bertz CT molecular complexity index is 221. The maximum absolute atomic E-state index is 11.1. The molecule has 0 unspecified atom stereocenters. The average molecular weight is 212 g/mol. The standard InChI is InChI=1S/C13H24O2/c1-5-13(3,4)11-8-6-7-9-12(11)15-10(2)14/h11-12H,5-9H2,1-4H3/t11-,12+/m1/s1. The Balaban J connectivity index is 2.69. The van der Waals surface area contributed by atoms with Crippen LogP contribution in [0.3, 0.4) is 0 Å². The number of esters is 1. The highest BCUT2D eigenvalue weighted by atomic mass is 16.5.